The molecule has 4 rings (SSSR count). The summed E-state index contributed by atoms with van der Waals surface area (Å²) in [7, 11) is 0. The molecule has 2 aliphatic rings. The summed E-state index contributed by atoms with van der Waals surface area (Å²) in [5.41, 5.74) is 0.537. The molecule has 2 heterocycles. The highest BCUT2D eigenvalue weighted by molar-refractivity contribution is 6.29. The zero-order valence-electron chi connectivity index (χ0n) is 14.8. The summed E-state index contributed by atoms with van der Waals surface area (Å²) >= 11 is 6.01. The van der Waals surface area contributed by atoms with Gasteiger partial charge in [-0.05, 0) is 50.7 Å². The molecule has 0 spiro atoms. The molecule has 0 amide bonds. The van der Waals surface area contributed by atoms with Crippen LogP contribution >= 0.6 is 11.6 Å². The van der Waals surface area contributed by atoms with Crippen molar-refractivity contribution < 1.29 is 10.2 Å². The van der Waals surface area contributed by atoms with Gasteiger partial charge in [-0.3, -0.25) is 0 Å². The number of pyridine rings is 1. The third kappa shape index (κ3) is 4.28. The number of aliphatic hydroxyl groups is 2. The Morgan fingerprint density at radius 2 is 1.41 bits per heavy atom. The van der Waals surface area contributed by atoms with E-state index >= 15 is 0 Å². The molecule has 0 aromatic carbocycles. The van der Waals surface area contributed by atoms with Crippen LogP contribution < -0.4 is 10.6 Å². The molecular formula is C18H23ClN6O2. The van der Waals surface area contributed by atoms with Gasteiger partial charge in [0.05, 0.1) is 24.3 Å². The molecule has 9 heteroatoms. The van der Waals surface area contributed by atoms with Gasteiger partial charge in [-0.15, -0.1) is 0 Å². The maximum absolute atomic E-state index is 10.1. The van der Waals surface area contributed by atoms with Crippen LogP contribution in [0.15, 0.2) is 18.2 Å². The number of hydrogen-bond donors (Lipinski definition) is 4. The van der Waals surface area contributed by atoms with Crippen molar-refractivity contribution in [1.29, 1.82) is 0 Å². The van der Waals surface area contributed by atoms with Gasteiger partial charge < -0.3 is 20.8 Å². The van der Waals surface area contributed by atoms with E-state index < -0.39 is 12.2 Å². The molecule has 2 aliphatic carbocycles. The van der Waals surface area contributed by atoms with E-state index in [1.807, 2.05) is 0 Å². The first kappa shape index (κ1) is 18.3. The second-order valence-electron chi connectivity index (χ2n) is 7.15. The van der Waals surface area contributed by atoms with E-state index in [2.05, 4.69) is 30.6 Å². The monoisotopic (exact) mass is 390 g/mol. The van der Waals surface area contributed by atoms with Gasteiger partial charge in [-0.2, -0.15) is 15.0 Å². The molecule has 0 aliphatic heterocycles. The molecule has 0 bridgehead atoms. The lowest BCUT2D eigenvalue weighted by Crippen LogP contribution is -2.31. The Morgan fingerprint density at radius 1 is 0.815 bits per heavy atom. The average Bonchev–Trinajstić information content (AvgIpc) is 3.23. The first-order chi connectivity index (χ1) is 13.1. The molecule has 4 N–H and O–H groups in total. The first-order valence-corrected chi connectivity index (χ1v) is 9.74. The maximum Gasteiger partial charge on any atom is 0.228 e. The summed E-state index contributed by atoms with van der Waals surface area (Å²) in [4.78, 5) is 17.7. The molecule has 2 aromatic heterocycles. The van der Waals surface area contributed by atoms with Crippen molar-refractivity contribution in [3.05, 3.63) is 23.4 Å². The van der Waals surface area contributed by atoms with Crippen LogP contribution in [0, 0.1) is 0 Å². The number of aliphatic hydroxyl groups excluding tert-OH is 2. The molecule has 27 heavy (non-hydrogen) atoms. The largest absolute Gasteiger partial charge is 0.391 e. The molecule has 2 aromatic rings. The number of hydrogen-bond acceptors (Lipinski definition) is 8. The average molecular weight is 391 g/mol. The van der Waals surface area contributed by atoms with E-state index in [-0.39, 0.29) is 12.1 Å². The van der Waals surface area contributed by atoms with Gasteiger partial charge in [-0.1, -0.05) is 17.7 Å². The van der Waals surface area contributed by atoms with Gasteiger partial charge in [0.15, 0.2) is 5.82 Å². The number of nitrogens with zero attached hydrogens (tertiary/aromatic N) is 4. The van der Waals surface area contributed by atoms with Crippen molar-refractivity contribution in [1.82, 2.24) is 19.9 Å². The summed E-state index contributed by atoms with van der Waals surface area (Å²) in [6.45, 7) is 0. The van der Waals surface area contributed by atoms with Gasteiger partial charge in [0.25, 0.3) is 0 Å². The van der Waals surface area contributed by atoms with Gasteiger partial charge >= 0.3 is 0 Å². The lowest BCUT2D eigenvalue weighted by atomic mass is 10.2. The zero-order valence-corrected chi connectivity index (χ0v) is 15.6. The lowest BCUT2D eigenvalue weighted by Gasteiger charge is -2.19. The third-order valence-electron chi connectivity index (χ3n) is 5.17. The molecule has 144 valence electrons. The first-order valence-electron chi connectivity index (χ1n) is 9.37. The molecule has 0 saturated heterocycles. The van der Waals surface area contributed by atoms with E-state index in [9.17, 15) is 10.2 Å². The fourth-order valence-corrected chi connectivity index (χ4v) is 3.87. The van der Waals surface area contributed by atoms with Gasteiger partial charge in [0.2, 0.25) is 11.9 Å². The zero-order chi connectivity index (χ0) is 18.8. The van der Waals surface area contributed by atoms with Crippen LogP contribution in [0.1, 0.15) is 38.5 Å². The van der Waals surface area contributed by atoms with Crippen LogP contribution in [-0.4, -0.2) is 54.4 Å². The molecular weight excluding hydrogens is 368 g/mol. The topological polar surface area (TPSA) is 116 Å². The minimum atomic E-state index is -0.414. The Morgan fingerprint density at radius 3 is 1.89 bits per heavy atom. The Balaban J connectivity index is 1.64. The van der Waals surface area contributed by atoms with Crippen LogP contribution in [0.4, 0.5) is 11.9 Å². The number of rotatable bonds is 5. The second-order valence-corrected chi connectivity index (χ2v) is 7.54. The summed E-state index contributed by atoms with van der Waals surface area (Å²) in [5.74, 6) is 1.14. The SMILES string of the molecule is OC1CCCC1Nc1nc(NC2CCCC2O)nc(-c2cccc(Cl)n2)n1. The molecule has 2 fully saturated rings. The summed E-state index contributed by atoms with van der Waals surface area (Å²) in [6, 6.07) is 5.09. The van der Waals surface area contributed by atoms with E-state index in [4.69, 9.17) is 11.6 Å². The van der Waals surface area contributed by atoms with Gasteiger partial charge in [0.1, 0.15) is 10.8 Å². The molecule has 0 radical (unpaired) electrons. The van der Waals surface area contributed by atoms with Crippen molar-refractivity contribution in [2.45, 2.75) is 62.8 Å². The number of halogens is 1. The lowest BCUT2D eigenvalue weighted by molar-refractivity contribution is 0.171. The fraction of sp³-hybridized carbons (Fsp3) is 0.556. The highest BCUT2D eigenvalue weighted by Gasteiger charge is 2.28. The van der Waals surface area contributed by atoms with Crippen LogP contribution in [0.3, 0.4) is 0 Å². The predicted octanol–water partition coefficient (Wildman–Crippen LogP) is 2.24. The summed E-state index contributed by atoms with van der Waals surface area (Å²) < 4.78 is 0. The van der Waals surface area contributed by atoms with E-state index in [0.717, 1.165) is 38.5 Å². The van der Waals surface area contributed by atoms with Gasteiger partial charge in [-0.25, -0.2) is 4.98 Å². The Kier molecular flexibility index (Phi) is 5.38. The van der Waals surface area contributed by atoms with E-state index in [0.29, 0.717) is 28.6 Å². The number of nitrogens with one attached hydrogen (secondary N) is 2. The normalized spacial score (nSPS) is 27.7. The van der Waals surface area contributed by atoms with Crippen molar-refractivity contribution in [3.63, 3.8) is 0 Å². The van der Waals surface area contributed by atoms with Crippen molar-refractivity contribution in [2.24, 2.45) is 0 Å². The van der Waals surface area contributed by atoms with Crippen LogP contribution in [0.5, 0.6) is 0 Å². The quantitative estimate of drug-likeness (QED) is 0.574. The number of aromatic nitrogens is 4. The van der Waals surface area contributed by atoms with Crippen molar-refractivity contribution in [2.75, 3.05) is 10.6 Å². The number of anilines is 2. The third-order valence-corrected chi connectivity index (χ3v) is 5.38. The Bertz CT molecular complexity index is 767. The predicted molar refractivity (Wildman–Crippen MR) is 103 cm³/mol. The highest BCUT2D eigenvalue weighted by atomic mass is 35.5. The smallest absolute Gasteiger partial charge is 0.228 e. The van der Waals surface area contributed by atoms with Crippen LogP contribution in [-0.2, 0) is 0 Å². The maximum atomic E-state index is 10.1. The van der Waals surface area contributed by atoms with Crippen LogP contribution in [0.25, 0.3) is 11.5 Å². The Labute approximate surface area is 162 Å². The van der Waals surface area contributed by atoms with Crippen molar-refractivity contribution >= 4 is 23.5 Å². The standard InChI is InChI=1S/C18H23ClN6O2/c19-15-9-3-6-12(20-15)16-23-17(21-10-4-1-7-13(10)26)25-18(24-16)22-11-5-2-8-14(11)27/h3,6,9-11,13-14,26-27H,1-2,4-5,7-8H2,(H2,21,22,23,24,25). The summed E-state index contributed by atoms with van der Waals surface area (Å²) in [5, 5.41) is 27.0. The second kappa shape index (κ2) is 7.92. The molecule has 8 nitrogen and oxygen atoms in total. The van der Waals surface area contributed by atoms with Crippen LogP contribution in [0.2, 0.25) is 5.15 Å². The fourth-order valence-electron chi connectivity index (χ4n) is 3.70. The highest BCUT2D eigenvalue weighted by Crippen LogP contribution is 2.26. The minimum Gasteiger partial charge on any atom is -0.391 e. The van der Waals surface area contributed by atoms with Gasteiger partial charge in [0, 0.05) is 0 Å². The molecule has 4 atom stereocenters. The van der Waals surface area contributed by atoms with E-state index in [1.165, 1.54) is 0 Å². The summed E-state index contributed by atoms with van der Waals surface area (Å²) in [6.07, 6.45) is 4.36. The van der Waals surface area contributed by atoms with Crippen molar-refractivity contribution in [3.8, 4) is 11.5 Å². The molecule has 4 unspecified atom stereocenters. The Hall–Kier alpha value is -2.03. The van der Waals surface area contributed by atoms with E-state index in [1.54, 1.807) is 18.2 Å². The molecule has 2 saturated carbocycles. The minimum absolute atomic E-state index is 0.0857.